The number of aromatic amines is 1. The highest BCUT2D eigenvalue weighted by molar-refractivity contribution is 5.83. The lowest BCUT2D eigenvalue weighted by Crippen LogP contribution is -2.47. The summed E-state index contributed by atoms with van der Waals surface area (Å²) in [5.74, 6) is -0.485. The fourth-order valence-electron chi connectivity index (χ4n) is 7.75. The molecule has 2 amide bonds. The first-order valence-electron chi connectivity index (χ1n) is 19.0. The van der Waals surface area contributed by atoms with Crippen LogP contribution in [-0.4, -0.2) is 70.4 Å². The summed E-state index contributed by atoms with van der Waals surface area (Å²) in [4.78, 5) is 43.6. The molecule has 4 N–H and O–H groups in total. The number of aliphatic hydroxyl groups excluding tert-OH is 1. The van der Waals surface area contributed by atoms with Crippen LogP contribution in [0.15, 0.2) is 108 Å². The van der Waals surface area contributed by atoms with E-state index >= 15 is 0 Å². The minimum absolute atomic E-state index is 0.0290. The van der Waals surface area contributed by atoms with Gasteiger partial charge in [0, 0.05) is 50.1 Å². The molecule has 2 fully saturated rings. The molecule has 0 radical (unpaired) electrons. The molecule has 288 valence electrons. The summed E-state index contributed by atoms with van der Waals surface area (Å²) in [7, 11) is 1.30. The molecule has 5 aromatic rings. The maximum absolute atomic E-state index is 12.9. The van der Waals surface area contributed by atoms with Gasteiger partial charge in [0.15, 0.2) is 6.29 Å². The van der Waals surface area contributed by atoms with Crippen molar-refractivity contribution in [3.05, 3.63) is 141 Å². The Balaban J connectivity index is 1.00. The van der Waals surface area contributed by atoms with Crippen LogP contribution < -0.4 is 16.3 Å². The molecular weight excluding hydrogens is 699 g/mol. The van der Waals surface area contributed by atoms with E-state index in [1.807, 2.05) is 108 Å². The van der Waals surface area contributed by atoms with Crippen LogP contribution in [0.2, 0.25) is 0 Å². The molecule has 0 bridgehead atoms. The average molecular weight is 748 g/mol. The molecule has 12 nitrogen and oxygen atoms in total. The molecule has 4 aromatic carbocycles. The summed E-state index contributed by atoms with van der Waals surface area (Å²) in [5.41, 5.74) is 6.23. The average Bonchev–Trinajstić information content (AvgIpc) is 3.56. The smallest absolute Gasteiger partial charge is 0.328 e. The predicted octanol–water partition coefficient (Wildman–Crippen LogP) is 5.53. The number of para-hydroxylation sites is 2. The molecule has 3 heterocycles. The summed E-state index contributed by atoms with van der Waals surface area (Å²) < 4.78 is 20.3. The Morgan fingerprint density at radius 3 is 2.25 bits per heavy atom. The normalized spacial score (nSPS) is 21.2. The van der Waals surface area contributed by atoms with E-state index in [4.69, 9.17) is 14.2 Å². The Morgan fingerprint density at radius 1 is 0.873 bits per heavy atom. The number of ether oxygens (including phenoxy) is 3. The van der Waals surface area contributed by atoms with Crippen molar-refractivity contribution in [2.45, 2.75) is 69.9 Å². The number of hydrogen-bond donors (Lipinski definition) is 4. The number of carbonyl (C=O) groups excluding carboxylic acids is 2. The molecule has 2 aliphatic rings. The number of amides is 2. The van der Waals surface area contributed by atoms with Crippen LogP contribution in [0, 0.1) is 5.92 Å². The Hall–Kier alpha value is -5.27. The zero-order valence-corrected chi connectivity index (χ0v) is 31.2. The maximum Gasteiger partial charge on any atom is 0.328 e. The van der Waals surface area contributed by atoms with Crippen LogP contribution in [0.25, 0.3) is 11.0 Å². The third kappa shape index (κ3) is 9.00. The largest absolute Gasteiger partial charge is 0.467 e. The van der Waals surface area contributed by atoms with Crippen molar-refractivity contribution in [1.82, 2.24) is 25.1 Å². The number of aliphatic hydroxyl groups is 1. The van der Waals surface area contributed by atoms with Crippen LogP contribution in [0.3, 0.4) is 0 Å². The van der Waals surface area contributed by atoms with Gasteiger partial charge in [-0.2, -0.15) is 0 Å². The minimum Gasteiger partial charge on any atom is -0.467 e. The number of H-pyrrole nitrogens is 1. The Kier molecular flexibility index (Phi) is 12.1. The fraction of sp³-hybridized carbons (Fsp3) is 0.372. The van der Waals surface area contributed by atoms with E-state index in [-0.39, 0.29) is 43.0 Å². The minimum atomic E-state index is -0.825. The topological polar surface area (TPSA) is 147 Å². The van der Waals surface area contributed by atoms with E-state index in [1.165, 1.54) is 7.11 Å². The van der Waals surface area contributed by atoms with Crippen molar-refractivity contribution in [2.24, 2.45) is 5.92 Å². The first kappa shape index (κ1) is 38.0. The molecule has 55 heavy (non-hydrogen) atoms. The second kappa shape index (κ2) is 17.5. The van der Waals surface area contributed by atoms with Gasteiger partial charge in [-0.1, -0.05) is 97.9 Å². The number of likely N-dealkylation sites (tertiary alicyclic amines) is 1. The van der Waals surface area contributed by atoms with Crippen LogP contribution in [0.4, 0.5) is 4.79 Å². The predicted molar refractivity (Wildman–Crippen MR) is 208 cm³/mol. The standard InChI is InChI=1S/C43H49N5O7/c1-28-38(26-47-22-20-34(21-23-47)48-37-11-7-6-10-35(37)46-43(48)52)54-41(55-39(28)32-16-14-31(27-49)15-17-32)33-18-12-30(13-19-33)25-44-42(51)45-36(40(50)53-2)24-29-8-4-3-5-9-29/h3-19,28,34,36,38-39,41,49H,20-27H2,1-2H3,(H,46,52)(H2,44,45,51). The number of urea groups is 1. The van der Waals surface area contributed by atoms with E-state index in [1.54, 1.807) is 0 Å². The molecule has 0 spiro atoms. The summed E-state index contributed by atoms with van der Waals surface area (Å²) in [5, 5.41) is 15.2. The van der Waals surface area contributed by atoms with Gasteiger partial charge in [0.1, 0.15) is 6.04 Å². The van der Waals surface area contributed by atoms with E-state index in [0.717, 1.165) is 71.3 Å². The number of methoxy groups -OCH3 is 1. The van der Waals surface area contributed by atoms with Crippen molar-refractivity contribution in [2.75, 3.05) is 26.7 Å². The van der Waals surface area contributed by atoms with Gasteiger partial charge < -0.3 is 39.8 Å². The molecule has 1 aromatic heterocycles. The van der Waals surface area contributed by atoms with Crippen molar-refractivity contribution < 1.29 is 28.9 Å². The number of esters is 1. The van der Waals surface area contributed by atoms with Crippen LogP contribution in [0.1, 0.15) is 66.0 Å². The Morgan fingerprint density at radius 2 is 1.55 bits per heavy atom. The highest BCUT2D eigenvalue weighted by Crippen LogP contribution is 2.42. The molecule has 0 aliphatic carbocycles. The third-order valence-corrected chi connectivity index (χ3v) is 10.9. The zero-order chi connectivity index (χ0) is 38.3. The van der Waals surface area contributed by atoms with Gasteiger partial charge >= 0.3 is 17.7 Å². The lowest BCUT2D eigenvalue weighted by atomic mass is 9.89. The number of aromatic nitrogens is 2. The highest BCUT2D eigenvalue weighted by atomic mass is 16.7. The molecule has 7 rings (SSSR count). The van der Waals surface area contributed by atoms with E-state index in [2.05, 4.69) is 27.4 Å². The Labute approximate surface area is 320 Å². The number of nitrogens with one attached hydrogen (secondary N) is 3. The van der Waals surface area contributed by atoms with Crippen molar-refractivity contribution in [3.8, 4) is 0 Å². The second-order valence-electron chi connectivity index (χ2n) is 14.5. The molecule has 0 saturated carbocycles. The maximum atomic E-state index is 12.9. The third-order valence-electron chi connectivity index (χ3n) is 10.9. The van der Waals surface area contributed by atoms with Crippen LogP contribution >= 0.6 is 0 Å². The first-order chi connectivity index (χ1) is 26.8. The molecule has 5 atom stereocenters. The summed E-state index contributed by atoms with van der Waals surface area (Å²) in [6, 6.07) is 31.8. The number of fused-ring (bicyclic) bond motifs is 1. The van der Waals surface area contributed by atoms with Gasteiger partial charge in [-0.25, -0.2) is 14.4 Å². The van der Waals surface area contributed by atoms with E-state index < -0.39 is 24.3 Å². The van der Waals surface area contributed by atoms with Gasteiger partial charge in [-0.3, -0.25) is 4.57 Å². The number of nitrogens with zero attached hydrogens (tertiary/aromatic N) is 2. The monoisotopic (exact) mass is 747 g/mol. The zero-order valence-electron chi connectivity index (χ0n) is 31.2. The quantitative estimate of drug-likeness (QED) is 0.122. The number of imidazole rings is 1. The number of carbonyl (C=O) groups is 2. The van der Waals surface area contributed by atoms with Crippen LogP contribution in [0.5, 0.6) is 0 Å². The lowest BCUT2D eigenvalue weighted by molar-refractivity contribution is -0.276. The van der Waals surface area contributed by atoms with Gasteiger partial charge in [-0.15, -0.1) is 0 Å². The van der Waals surface area contributed by atoms with Gasteiger partial charge in [0.05, 0.1) is 37.0 Å². The van der Waals surface area contributed by atoms with Crippen molar-refractivity contribution >= 4 is 23.0 Å². The SMILES string of the molecule is COC(=O)C(Cc1ccccc1)NC(=O)NCc1ccc(C2OC(CN3CCC(n4c(=O)[nH]c5ccccc54)CC3)C(C)C(c3ccc(CO)cc3)O2)cc1. The summed E-state index contributed by atoms with van der Waals surface area (Å²) in [6.45, 7) is 4.78. The van der Waals surface area contributed by atoms with Crippen molar-refractivity contribution in [3.63, 3.8) is 0 Å². The number of rotatable bonds is 12. The highest BCUT2D eigenvalue weighted by Gasteiger charge is 2.39. The molecule has 12 heteroatoms. The van der Waals surface area contributed by atoms with Crippen LogP contribution in [-0.2, 0) is 38.6 Å². The summed E-state index contributed by atoms with van der Waals surface area (Å²) in [6.07, 6.45) is 1.01. The van der Waals surface area contributed by atoms with Gasteiger partial charge in [0.25, 0.3) is 0 Å². The Bertz CT molecular complexity index is 2090. The number of benzene rings is 4. The van der Waals surface area contributed by atoms with Gasteiger partial charge in [-0.05, 0) is 47.2 Å². The second-order valence-corrected chi connectivity index (χ2v) is 14.5. The molecule has 2 saturated heterocycles. The first-order valence-corrected chi connectivity index (χ1v) is 19.0. The van der Waals surface area contributed by atoms with Crippen molar-refractivity contribution in [1.29, 1.82) is 0 Å². The lowest BCUT2D eigenvalue weighted by Gasteiger charge is -2.44. The van der Waals surface area contributed by atoms with E-state index in [9.17, 15) is 19.5 Å². The number of hydrogen-bond acceptors (Lipinski definition) is 8. The summed E-state index contributed by atoms with van der Waals surface area (Å²) >= 11 is 0. The fourth-order valence-corrected chi connectivity index (χ4v) is 7.75. The molecular formula is C43H49N5O7. The van der Waals surface area contributed by atoms with Gasteiger partial charge in [0.2, 0.25) is 0 Å². The van der Waals surface area contributed by atoms with E-state index in [0.29, 0.717) is 6.42 Å². The molecule has 5 unspecified atom stereocenters. The number of piperidine rings is 1. The molecule has 2 aliphatic heterocycles.